The van der Waals surface area contributed by atoms with Gasteiger partial charge in [-0.1, -0.05) is 0 Å². The van der Waals surface area contributed by atoms with Crippen LogP contribution in [0.5, 0.6) is 0 Å². The first kappa shape index (κ1) is 7.03. The van der Waals surface area contributed by atoms with Gasteiger partial charge in [0.25, 0.3) is 0 Å². The quantitative estimate of drug-likeness (QED) is 0.521. The average Bonchev–Trinajstić information content (AvgIpc) is 1.60. The lowest BCUT2D eigenvalue weighted by Gasteiger charge is -2.35. The van der Waals surface area contributed by atoms with Crippen molar-refractivity contribution in [3.8, 4) is 0 Å². The van der Waals surface area contributed by atoms with Crippen molar-refractivity contribution in [3.05, 3.63) is 0 Å². The lowest BCUT2D eigenvalue weighted by atomic mass is 10.0. The van der Waals surface area contributed by atoms with Crippen molar-refractivity contribution < 1.29 is 4.74 Å². The van der Waals surface area contributed by atoms with E-state index in [9.17, 15) is 0 Å². The van der Waals surface area contributed by atoms with Crippen molar-refractivity contribution in [2.24, 2.45) is 0 Å². The normalized spacial score (nSPS) is 34.3. The van der Waals surface area contributed by atoms with Crippen molar-refractivity contribution in [2.75, 3.05) is 13.2 Å². The zero-order valence-corrected chi connectivity index (χ0v) is 6.40. The van der Waals surface area contributed by atoms with E-state index in [0.717, 1.165) is 13.2 Å². The highest BCUT2D eigenvalue weighted by molar-refractivity contribution is 4.83. The molecule has 0 unspecified atom stereocenters. The molecule has 54 valence electrons. The molecule has 9 heavy (non-hydrogen) atoms. The van der Waals surface area contributed by atoms with Gasteiger partial charge < -0.3 is 10.1 Å². The Bertz CT molecular complexity index is 101. The molecule has 0 spiro atoms. The molecule has 0 saturated carbocycles. The lowest BCUT2D eigenvalue weighted by Crippen LogP contribution is -2.54. The fourth-order valence-electron chi connectivity index (χ4n) is 1.24. The highest BCUT2D eigenvalue weighted by atomic mass is 16.5. The molecule has 1 aliphatic heterocycles. The molecule has 1 fully saturated rings. The maximum absolute atomic E-state index is 5.33. The molecule has 1 N–H and O–H groups in total. The maximum atomic E-state index is 5.33. The molecule has 0 amide bonds. The Balaban J connectivity index is 2.41. The highest BCUT2D eigenvalue weighted by Crippen LogP contribution is 2.09. The molecule has 1 atom stereocenters. The first-order chi connectivity index (χ1) is 4.10. The number of hydrogen-bond acceptors (Lipinski definition) is 2. The van der Waals surface area contributed by atoms with E-state index < -0.39 is 0 Å². The molecule has 2 heteroatoms. The van der Waals surface area contributed by atoms with Crippen LogP contribution in [0.3, 0.4) is 0 Å². The summed E-state index contributed by atoms with van der Waals surface area (Å²) in [5.74, 6) is 0. The molecule has 0 aromatic carbocycles. The third-order valence-corrected chi connectivity index (χ3v) is 1.47. The summed E-state index contributed by atoms with van der Waals surface area (Å²) in [4.78, 5) is 0. The second-order valence-corrected chi connectivity index (χ2v) is 3.44. The monoisotopic (exact) mass is 129 g/mol. The van der Waals surface area contributed by atoms with E-state index in [4.69, 9.17) is 4.74 Å². The van der Waals surface area contributed by atoms with Gasteiger partial charge in [0.2, 0.25) is 0 Å². The number of hydrogen-bond donors (Lipinski definition) is 1. The van der Waals surface area contributed by atoms with E-state index in [1.807, 2.05) is 0 Å². The highest BCUT2D eigenvalue weighted by Gasteiger charge is 2.24. The van der Waals surface area contributed by atoms with Gasteiger partial charge in [-0.25, -0.2) is 0 Å². The van der Waals surface area contributed by atoms with Crippen molar-refractivity contribution in [2.45, 2.75) is 32.4 Å². The summed E-state index contributed by atoms with van der Waals surface area (Å²) in [7, 11) is 0. The van der Waals surface area contributed by atoms with E-state index in [0.29, 0.717) is 6.04 Å². The number of nitrogens with one attached hydrogen (secondary N) is 1. The van der Waals surface area contributed by atoms with E-state index in [2.05, 4.69) is 26.1 Å². The van der Waals surface area contributed by atoms with Gasteiger partial charge in [0.05, 0.1) is 13.2 Å². The summed E-state index contributed by atoms with van der Waals surface area (Å²) in [6.07, 6.45) is 0. The molecular weight excluding hydrogens is 114 g/mol. The summed E-state index contributed by atoms with van der Waals surface area (Å²) in [6, 6.07) is 0.508. The molecule has 0 aromatic heterocycles. The van der Waals surface area contributed by atoms with E-state index in [1.165, 1.54) is 0 Å². The Morgan fingerprint density at radius 2 is 2.22 bits per heavy atom. The van der Waals surface area contributed by atoms with Gasteiger partial charge >= 0.3 is 0 Å². The molecule has 1 rings (SSSR count). The Kier molecular flexibility index (Phi) is 1.78. The topological polar surface area (TPSA) is 21.3 Å². The Morgan fingerprint density at radius 1 is 1.56 bits per heavy atom. The van der Waals surface area contributed by atoms with Gasteiger partial charge in [0, 0.05) is 11.6 Å². The first-order valence-corrected chi connectivity index (χ1v) is 3.46. The molecule has 0 aliphatic carbocycles. The van der Waals surface area contributed by atoms with Gasteiger partial charge in [-0.05, 0) is 20.8 Å². The molecule has 0 radical (unpaired) electrons. The minimum Gasteiger partial charge on any atom is -0.378 e. The second-order valence-electron chi connectivity index (χ2n) is 3.44. The Morgan fingerprint density at radius 3 is 2.56 bits per heavy atom. The summed E-state index contributed by atoms with van der Waals surface area (Å²) in [5.41, 5.74) is 0.178. The summed E-state index contributed by atoms with van der Waals surface area (Å²) in [6.45, 7) is 8.13. The number of rotatable bonds is 0. The van der Waals surface area contributed by atoms with Crippen LogP contribution >= 0.6 is 0 Å². The van der Waals surface area contributed by atoms with Crippen LogP contribution in [0.1, 0.15) is 20.8 Å². The number of ether oxygens (including phenoxy) is 1. The van der Waals surface area contributed by atoms with E-state index >= 15 is 0 Å². The maximum Gasteiger partial charge on any atom is 0.0643 e. The first-order valence-electron chi connectivity index (χ1n) is 3.46. The predicted octanol–water partition coefficient (Wildman–Crippen LogP) is 0.773. The van der Waals surface area contributed by atoms with Gasteiger partial charge in [0.1, 0.15) is 0 Å². The molecule has 0 bridgehead atoms. The van der Waals surface area contributed by atoms with Crippen LogP contribution in [-0.4, -0.2) is 24.8 Å². The minimum absolute atomic E-state index is 0.178. The van der Waals surface area contributed by atoms with Gasteiger partial charge in [-0.3, -0.25) is 0 Å². The third-order valence-electron chi connectivity index (χ3n) is 1.47. The van der Waals surface area contributed by atoms with Crippen molar-refractivity contribution >= 4 is 0 Å². The zero-order chi connectivity index (χ0) is 6.91. The molecule has 0 aromatic rings. The van der Waals surface area contributed by atoms with Crippen molar-refractivity contribution in [1.82, 2.24) is 5.32 Å². The van der Waals surface area contributed by atoms with E-state index in [-0.39, 0.29) is 5.54 Å². The molecule has 1 aliphatic rings. The molecule has 1 saturated heterocycles. The SMILES string of the molecule is C[C@H]1COCC(C)(C)N1. The van der Waals surface area contributed by atoms with Gasteiger partial charge in [-0.15, -0.1) is 0 Å². The Hall–Kier alpha value is -0.0800. The van der Waals surface area contributed by atoms with E-state index in [1.54, 1.807) is 0 Å². The molecule has 2 nitrogen and oxygen atoms in total. The standard InChI is InChI=1S/C7H15NO/c1-6-4-9-5-7(2,3)8-6/h6,8H,4-5H2,1-3H3/t6-/m0/s1. The lowest BCUT2D eigenvalue weighted by molar-refractivity contribution is 0.0182. The van der Waals surface area contributed by atoms with Crippen LogP contribution in [-0.2, 0) is 4.74 Å². The fourth-order valence-corrected chi connectivity index (χ4v) is 1.24. The summed E-state index contributed by atoms with van der Waals surface area (Å²) >= 11 is 0. The van der Waals surface area contributed by atoms with Crippen molar-refractivity contribution in [3.63, 3.8) is 0 Å². The third kappa shape index (κ3) is 1.95. The number of morpholine rings is 1. The van der Waals surface area contributed by atoms with Crippen LogP contribution in [0.25, 0.3) is 0 Å². The van der Waals surface area contributed by atoms with Crippen LogP contribution in [0.15, 0.2) is 0 Å². The van der Waals surface area contributed by atoms with Crippen LogP contribution in [0.4, 0.5) is 0 Å². The summed E-state index contributed by atoms with van der Waals surface area (Å²) in [5, 5.41) is 3.43. The molecular formula is C7H15NO. The van der Waals surface area contributed by atoms with Gasteiger partial charge in [-0.2, -0.15) is 0 Å². The average molecular weight is 129 g/mol. The second kappa shape index (κ2) is 2.27. The van der Waals surface area contributed by atoms with Gasteiger partial charge in [0.15, 0.2) is 0 Å². The largest absolute Gasteiger partial charge is 0.378 e. The smallest absolute Gasteiger partial charge is 0.0643 e. The van der Waals surface area contributed by atoms with Crippen LogP contribution < -0.4 is 5.32 Å². The fraction of sp³-hybridized carbons (Fsp3) is 1.00. The van der Waals surface area contributed by atoms with Crippen LogP contribution in [0, 0.1) is 0 Å². The predicted molar refractivity (Wildman–Crippen MR) is 37.5 cm³/mol. The zero-order valence-electron chi connectivity index (χ0n) is 6.40. The Labute approximate surface area is 56.6 Å². The van der Waals surface area contributed by atoms with Crippen molar-refractivity contribution in [1.29, 1.82) is 0 Å². The molecule has 1 heterocycles. The summed E-state index contributed by atoms with van der Waals surface area (Å²) < 4.78 is 5.33. The van der Waals surface area contributed by atoms with Crippen LogP contribution in [0.2, 0.25) is 0 Å². The minimum atomic E-state index is 0.178.